The summed E-state index contributed by atoms with van der Waals surface area (Å²) in [6.45, 7) is 19.4. The van der Waals surface area contributed by atoms with Gasteiger partial charge < -0.3 is 9.47 Å². The van der Waals surface area contributed by atoms with Crippen molar-refractivity contribution < 1.29 is 44.6 Å². The minimum Gasteiger partial charge on any atom is -0.372 e. The van der Waals surface area contributed by atoms with Gasteiger partial charge in [0.15, 0.2) is 0 Å². The number of halogens is 8. The van der Waals surface area contributed by atoms with Crippen LogP contribution in [-0.4, -0.2) is 189 Å². The summed E-state index contributed by atoms with van der Waals surface area (Å²) in [6, 6.07) is 11.0. The number of hydrogen-bond donors (Lipinski definition) is 0. The lowest BCUT2D eigenvalue weighted by atomic mass is 9.78. The Hall–Kier alpha value is -6.95. The van der Waals surface area contributed by atoms with Gasteiger partial charge in [-0.05, 0) is 86.5 Å². The van der Waals surface area contributed by atoms with Crippen LogP contribution in [0, 0.1) is 95.7 Å². The van der Waals surface area contributed by atoms with Crippen molar-refractivity contribution in [2.75, 3.05) is 78.7 Å². The van der Waals surface area contributed by atoms with E-state index in [0.717, 1.165) is 119 Å². The topological polar surface area (TPSA) is 276 Å². The lowest BCUT2D eigenvalue weighted by Crippen LogP contribution is -2.56. The van der Waals surface area contributed by atoms with Gasteiger partial charge in [-0.2, -0.15) is 36.7 Å². The Morgan fingerprint density at radius 3 is 1.39 bits per heavy atom. The molecule has 2 saturated carbocycles. The molecule has 0 amide bonds. The van der Waals surface area contributed by atoms with Crippen molar-refractivity contribution in [3.8, 4) is 36.4 Å². The van der Waals surface area contributed by atoms with Crippen LogP contribution in [-0.2, 0) is 22.9 Å². The highest BCUT2D eigenvalue weighted by Crippen LogP contribution is 2.45. The molecule has 8 aliphatic rings. The summed E-state index contributed by atoms with van der Waals surface area (Å²) < 4.78 is 119. The molecule has 614 valence electrons. The predicted octanol–water partition coefficient (Wildman–Crippen LogP) is 17.5. The summed E-state index contributed by atoms with van der Waals surface area (Å²) in [7, 11) is 1.89. The van der Waals surface area contributed by atoms with Gasteiger partial charge in [-0.25, -0.2) is 65.0 Å². The molecule has 0 N–H and O–H groups in total. The molecular formula is C78H98F8N20O2S6. The molecule has 7 aromatic rings. The first kappa shape index (κ1) is 89.4. The summed E-state index contributed by atoms with van der Waals surface area (Å²) in [6.07, 6.45) is 16.7. The lowest BCUT2D eigenvalue weighted by molar-refractivity contribution is -0.155. The number of thiazole rings is 6. The number of aromatic nitrogens is 8. The molecule has 0 aromatic carbocycles. The van der Waals surface area contributed by atoms with E-state index in [-0.39, 0.29) is 127 Å². The van der Waals surface area contributed by atoms with E-state index in [1.807, 2.05) is 72.2 Å². The Bertz CT molecular complexity index is 4470. The average Bonchev–Trinajstić information content (AvgIpc) is 0.892. The monoisotopic (exact) mass is 1690 g/mol. The molecule has 7 aromatic heterocycles. The Labute approximate surface area is 686 Å². The van der Waals surface area contributed by atoms with Crippen LogP contribution in [0.5, 0.6) is 0 Å². The number of piperidine rings is 4. The van der Waals surface area contributed by atoms with Gasteiger partial charge in [0.25, 0.3) is 23.7 Å². The summed E-state index contributed by atoms with van der Waals surface area (Å²) >= 11 is 9.10. The first-order valence-electron chi connectivity index (χ1n) is 38.6. The van der Waals surface area contributed by atoms with Crippen molar-refractivity contribution in [1.82, 2.24) is 69.1 Å². The number of likely N-dealkylation sites (tertiary alicyclic amines) is 4. The Kier molecular flexibility index (Phi) is 31.7. The second-order valence-electron chi connectivity index (χ2n) is 30.2. The van der Waals surface area contributed by atoms with E-state index in [9.17, 15) is 66.7 Å². The van der Waals surface area contributed by atoms with Crippen molar-refractivity contribution in [2.45, 2.75) is 241 Å². The third kappa shape index (κ3) is 23.5. The average molecular weight is 1690 g/mol. The molecule has 6 saturated heterocycles. The van der Waals surface area contributed by atoms with E-state index in [4.69, 9.17) is 9.47 Å². The maximum atomic E-state index is 13.3. The number of rotatable bonds is 16. The van der Waals surface area contributed by atoms with Crippen LogP contribution in [0.15, 0.2) is 47.5 Å². The second kappa shape index (κ2) is 40.5. The zero-order valence-corrected chi connectivity index (χ0v) is 70.3. The van der Waals surface area contributed by atoms with Gasteiger partial charge >= 0.3 is 0 Å². The number of aryl methyl sites for hydroxylation is 6. The van der Waals surface area contributed by atoms with Gasteiger partial charge in [0.2, 0.25) is 0 Å². The van der Waals surface area contributed by atoms with Crippen LogP contribution in [0.4, 0.5) is 35.1 Å². The van der Waals surface area contributed by atoms with Crippen LogP contribution < -0.4 is 0 Å². The predicted molar refractivity (Wildman–Crippen MR) is 422 cm³/mol. The van der Waals surface area contributed by atoms with Crippen molar-refractivity contribution in [2.24, 2.45) is 7.05 Å². The second-order valence-corrected chi connectivity index (χ2v) is 36.4. The Morgan fingerprint density at radius 1 is 0.500 bits per heavy atom. The molecule has 0 bridgehead atoms. The van der Waals surface area contributed by atoms with Gasteiger partial charge in [0.1, 0.15) is 36.3 Å². The van der Waals surface area contributed by atoms with Gasteiger partial charge in [-0.1, -0.05) is 13.3 Å². The summed E-state index contributed by atoms with van der Waals surface area (Å²) in [5.74, 6) is -9.78. The van der Waals surface area contributed by atoms with Crippen LogP contribution in [0.2, 0.25) is 0 Å². The standard InChI is InChI=1S/C14H17F2N3S.C14H17N5OS.C13H17F2N3S.C13H17N3OS.2C12H15F2N3S/c15-14(16)4-6-19(7-5-14)11(8-17)12-9-18-13(20-12)10-2-1-3-10;1-10-14(21-9-16-10)12(5-15)19-3-4-20-13(8-19)11-6-17-18(2)7-11;1-2-3-12-17-9-11(19-12)10(8-16)18-6-4-13(14,15)5-7-18;1-10-12(18-9-15-10)11(7-14)16-5-6-17-13(8-16)3-2-4-13;1-8-5-12(13,14)3-4-17(8)10(6-15)11-9(2)16-7-18-11;1-8-5-12(13,14)3-4-17(8)10(6-15)11-7-16-9(2)18-11/h9-11H,1-7H2;6-7,9,12-13H,3-4,8H2,1-2H3;9-10H,2-7H2,1H3;9,11H,2-6,8H2,1H3;2*7-8,10H,3-5H2,1-2H3. The molecule has 6 aliphatic heterocycles. The molecule has 13 heterocycles. The molecule has 22 nitrogen and oxygen atoms in total. The van der Waals surface area contributed by atoms with E-state index in [2.05, 4.69) is 88.1 Å². The van der Waals surface area contributed by atoms with E-state index < -0.39 is 47.9 Å². The van der Waals surface area contributed by atoms with Crippen molar-refractivity contribution >= 4 is 68.0 Å². The molecule has 8 fully saturated rings. The third-order valence-electron chi connectivity index (χ3n) is 22.0. The molecule has 9 unspecified atom stereocenters. The minimum absolute atomic E-state index is 0.0310. The molecule has 114 heavy (non-hydrogen) atoms. The van der Waals surface area contributed by atoms with Gasteiger partial charge in [-0.15, -0.1) is 68.0 Å². The van der Waals surface area contributed by atoms with Crippen molar-refractivity contribution in [3.05, 3.63) is 114 Å². The smallest absolute Gasteiger partial charge is 0.250 e. The van der Waals surface area contributed by atoms with Crippen LogP contribution >= 0.6 is 68.0 Å². The minimum atomic E-state index is -2.60. The van der Waals surface area contributed by atoms with Gasteiger partial charge in [-0.3, -0.25) is 34.1 Å². The number of nitriles is 6. The first-order chi connectivity index (χ1) is 54.4. The number of alkyl halides is 8. The van der Waals surface area contributed by atoms with Crippen LogP contribution in [0.25, 0.3) is 0 Å². The van der Waals surface area contributed by atoms with Crippen LogP contribution in [0.3, 0.4) is 0 Å². The molecule has 1 spiro atoms. The summed E-state index contributed by atoms with van der Waals surface area (Å²) in [4.78, 5) is 42.9. The Morgan fingerprint density at radius 2 is 0.965 bits per heavy atom. The highest BCUT2D eigenvalue weighted by Gasteiger charge is 2.47. The molecule has 0 radical (unpaired) electrons. The van der Waals surface area contributed by atoms with Crippen molar-refractivity contribution in [3.63, 3.8) is 0 Å². The number of nitrogens with zero attached hydrogens (tertiary/aromatic N) is 20. The van der Waals surface area contributed by atoms with Gasteiger partial charge in [0, 0.05) is 172 Å². The van der Waals surface area contributed by atoms with Gasteiger partial charge in [0.05, 0.1) is 145 Å². The maximum absolute atomic E-state index is 13.3. The molecular weight excluding hydrogens is 1590 g/mol. The highest BCUT2D eigenvalue weighted by molar-refractivity contribution is 7.12. The van der Waals surface area contributed by atoms with E-state index in [1.54, 1.807) is 82.2 Å². The fourth-order valence-electron chi connectivity index (χ4n) is 15.1. The normalized spacial score (nSPS) is 23.7. The SMILES string of the molecule is CCCc1ncc(C(C#N)N2CCC(F)(F)CC2)s1.Cc1ncc(C(C#N)N2CCC(F)(F)CC2C)s1.Cc1ncsc1C(C#N)N1CCC(F)(F)CC1C.Cc1ncsc1C(C#N)N1CCOC(c2cnn(C)c2)C1.Cc1ncsc1C(C#N)N1CCOC2(CCC2)C1.N#CC(c1cnc(C2CCC2)s1)N1CCC(F)(F)CC1. The Balaban J connectivity index is 0.000000145. The number of hydrogen-bond acceptors (Lipinski definition) is 27. The quantitative estimate of drug-likeness (QED) is 0.0813. The molecule has 36 heteroatoms. The zero-order chi connectivity index (χ0) is 82.1. The third-order valence-corrected chi connectivity index (χ3v) is 28.3. The lowest BCUT2D eigenvalue weighted by Gasteiger charge is -2.49. The fourth-order valence-corrected chi connectivity index (χ4v) is 20.9. The summed E-state index contributed by atoms with van der Waals surface area (Å²) in [5, 5.41) is 63.5. The number of ether oxygens (including phenoxy) is 2. The summed E-state index contributed by atoms with van der Waals surface area (Å²) in [5.41, 5.74) is 9.17. The highest BCUT2D eigenvalue weighted by atomic mass is 32.1. The molecule has 15 rings (SSSR count). The van der Waals surface area contributed by atoms with Crippen molar-refractivity contribution in [1.29, 1.82) is 31.6 Å². The van der Waals surface area contributed by atoms with Crippen LogP contribution in [0.1, 0.15) is 232 Å². The zero-order valence-electron chi connectivity index (χ0n) is 65.4. The first-order valence-corrected chi connectivity index (χ1v) is 43.7. The van der Waals surface area contributed by atoms with E-state index in [1.165, 1.54) is 59.7 Å². The maximum Gasteiger partial charge on any atom is 0.250 e. The number of morpholine rings is 2. The fraction of sp³-hybridized carbons (Fsp3) is 0.654. The molecule has 2 aliphatic carbocycles. The van der Waals surface area contributed by atoms with E-state index in [0.29, 0.717) is 19.1 Å². The largest absolute Gasteiger partial charge is 0.372 e. The van der Waals surface area contributed by atoms with E-state index >= 15 is 0 Å². The molecule has 9 atom stereocenters.